The van der Waals surface area contributed by atoms with Crippen LogP contribution >= 0.6 is 0 Å². The van der Waals surface area contributed by atoms with E-state index in [4.69, 9.17) is 0 Å². The fourth-order valence-electron chi connectivity index (χ4n) is 9.22. The zero-order valence-corrected chi connectivity index (χ0v) is 38.7. The van der Waals surface area contributed by atoms with Crippen LogP contribution in [0.1, 0.15) is 266 Å². The molecule has 0 saturated heterocycles. The fraction of sp³-hybridized carbons (Fsp3) is 1.00. The third-order valence-electron chi connectivity index (χ3n) is 15.8. The molecule has 0 radical (unpaired) electrons. The van der Waals surface area contributed by atoms with Crippen LogP contribution in [0.4, 0.5) is 22.0 Å². The van der Waals surface area contributed by atoms with Gasteiger partial charge in [-0.2, -0.15) is 13.2 Å². The SMILES string of the molecule is C.C.CC1CCC(F)(F)CC1.CCC1(C)CCC(C)(C)CC1.CCC1(C)CCC(C)CC1.CCC1(C)CCCC(C)C1.CCC1(C)CCCCC1C.FC(F)F. The zero-order chi connectivity index (χ0) is 41.9. The zero-order valence-electron chi connectivity index (χ0n) is 38.7. The number of alkyl halides is 5. The Hall–Kier alpha value is -0.350. The van der Waals surface area contributed by atoms with Gasteiger partial charge in [-0.3, -0.25) is 0 Å². The van der Waals surface area contributed by atoms with Crippen molar-refractivity contribution in [1.82, 2.24) is 0 Å². The van der Waals surface area contributed by atoms with Crippen molar-refractivity contribution in [3.8, 4) is 0 Å². The molecule has 0 aliphatic heterocycles. The lowest BCUT2D eigenvalue weighted by Crippen LogP contribution is -2.28. The van der Waals surface area contributed by atoms with Crippen LogP contribution in [-0.4, -0.2) is 12.6 Å². The highest BCUT2D eigenvalue weighted by atomic mass is 19.4. The summed E-state index contributed by atoms with van der Waals surface area (Å²) in [5.41, 5.74) is 3.38. The second-order valence-corrected chi connectivity index (χ2v) is 21.5. The minimum atomic E-state index is -3.67. The van der Waals surface area contributed by atoms with Crippen LogP contribution in [-0.2, 0) is 0 Å². The summed E-state index contributed by atoms with van der Waals surface area (Å²) in [7, 11) is 0. The van der Waals surface area contributed by atoms with Gasteiger partial charge in [0.15, 0.2) is 0 Å². The molecule has 0 spiro atoms. The minimum absolute atomic E-state index is 0. The van der Waals surface area contributed by atoms with Crippen molar-refractivity contribution in [3.05, 3.63) is 0 Å². The smallest absolute Gasteiger partial charge is 0.207 e. The molecule has 5 fully saturated rings. The molecule has 0 aromatic rings. The van der Waals surface area contributed by atoms with Gasteiger partial charge < -0.3 is 0 Å². The van der Waals surface area contributed by atoms with Crippen molar-refractivity contribution >= 4 is 0 Å². The number of rotatable bonds is 4. The van der Waals surface area contributed by atoms with Crippen molar-refractivity contribution in [3.63, 3.8) is 0 Å². The standard InChI is InChI=1S/C11H22.3C10H20.C7H12F2.CHF3.2CH4/c1-5-11(4)8-6-10(2,3)7-9-11;1-4-10(3)7-5-9(2)6-8-10;1-4-10(3)7-5-6-9(2)8-10;1-4-10(3)8-6-5-7-9(10)2;1-6-2-4-7(8,9)5-3-6;2-1(3)4;;/h5-9H2,1-4H3;3*9H,4-8H2,1-3H3;6H,2-5H2,1H3;1H;2*1H4. The molecule has 0 aromatic heterocycles. The summed E-state index contributed by atoms with van der Waals surface area (Å²) in [6.45, 7) is 29.5. The molecule has 5 heteroatoms. The summed E-state index contributed by atoms with van der Waals surface area (Å²) in [5.74, 6) is 1.13. The lowest BCUT2D eigenvalue weighted by Gasteiger charge is -2.41. The lowest BCUT2D eigenvalue weighted by atomic mass is 9.65. The summed E-state index contributed by atoms with van der Waals surface area (Å²) in [6, 6.07) is 0. The Kier molecular flexibility index (Phi) is 30.2. The summed E-state index contributed by atoms with van der Waals surface area (Å²) < 4.78 is 53.8. The number of hydrogen-bond donors (Lipinski definition) is 0. The second kappa shape index (κ2) is 28.2. The fourth-order valence-corrected chi connectivity index (χ4v) is 9.22. The Morgan fingerprint density at radius 3 is 1.18 bits per heavy atom. The van der Waals surface area contributed by atoms with E-state index >= 15 is 0 Å². The highest BCUT2D eigenvalue weighted by molar-refractivity contribution is 4.85. The average molecular weight is 811 g/mol. The normalized spacial score (nSPS) is 33.1. The van der Waals surface area contributed by atoms with Crippen molar-refractivity contribution < 1.29 is 22.0 Å². The highest BCUT2D eigenvalue weighted by Gasteiger charge is 2.35. The first-order valence-electron chi connectivity index (χ1n) is 23.1. The van der Waals surface area contributed by atoms with E-state index in [1.807, 2.05) is 6.92 Å². The third-order valence-corrected chi connectivity index (χ3v) is 15.8. The Morgan fingerprint density at radius 1 is 0.446 bits per heavy atom. The first-order valence-corrected chi connectivity index (χ1v) is 23.1. The molecule has 4 unspecified atom stereocenters. The van der Waals surface area contributed by atoms with Crippen LogP contribution < -0.4 is 0 Å². The van der Waals surface area contributed by atoms with E-state index in [1.165, 1.54) is 128 Å². The molecule has 0 aromatic carbocycles. The maximum Gasteiger partial charge on any atom is 0.379 e. The molecule has 4 atom stereocenters. The van der Waals surface area contributed by atoms with Crippen molar-refractivity contribution in [1.29, 1.82) is 0 Å². The van der Waals surface area contributed by atoms with E-state index in [0.717, 1.165) is 17.8 Å². The highest BCUT2D eigenvalue weighted by Crippen LogP contribution is 2.47. The number of hydrogen-bond acceptors (Lipinski definition) is 0. The van der Waals surface area contributed by atoms with E-state index < -0.39 is 12.6 Å². The van der Waals surface area contributed by atoms with E-state index in [-0.39, 0.29) is 27.7 Å². The van der Waals surface area contributed by atoms with E-state index in [9.17, 15) is 22.0 Å². The van der Waals surface area contributed by atoms with E-state index in [0.29, 0.717) is 45.8 Å². The summed E-state index contributed by atoms with van der Waals surface area (Å²) in [5, 5.41) is 0. The minimum Gasteiger partial charge on any atom is -0.207 e. The first-order chi connectivity index (χ1) is 24.8. The van der Waals surface area contributed by atoms with Crippen LogP contribution in [0.15, 0.2) is 0 Å². The monoisotopic (exact) mass is 811 g/mol. The average Bonchev–Trinajstić information content (AvgIpc) is 3.11. The Labute approximate surface area is 350 Å². The van der Waals surface area contributed by atoms with Gasteiger partial charge in [0.05, 0.1) is 0 Å². The molecule has 342 valence electrons. The molecule has 0 bridgehead atoms. The predicted molar refractivity (Wildman–Crippen MR) is 242 cm³/mol. The quantitative estimate of drug-likeness (QED) is 0.248. The molecular weight excluding hydrogens is 708 g/mol. The van der Waals surface area contributed by atoms with E-state index in [1.54, 1.807) is 0 Å². The Morgan fingerprint density at radius 2 is 0.857 bits per heavy atom. The van der Waals surface area contributed by atoms with Gasteiger partial charge in [-0.25, -0.2) is 8.78 Å². The molecule has 0 nitrogen and oxygen atoms in total. The molecule has 56 heavy (non-hydrogen) atoms. The van der Waals surface area contributed by atoms with Gasteiger partial charge in [-0.05, 0) is 121 Å². The molecule has 5 rings (SSSR count). The Balaban J connectivity index is -0.000000607. The van der Waals surface area contributed by atoms with Gasteiger partial charge >= 0.3 is 6.68 Å². The van der Waals surface area contributed by atoms with Crippen molar-refractivity contribution in [2.75, 3.05) is 0 Å². The van der Waals surface area contributed by atoms with Gasteiger partial charge in [-0.1, -0.05) is 182 Å². The van der Waals surface area contributed by atoms with Crippen LogP contribution in [0.3, 0.4) is 0 Å². The van der Waals surface area contributed by atoms with Gasteiger partial charge in [0.25, 0.3) is 0 Å². The van der Waals surface area contributed by atoms with Crippen LogP contribution in [0.25, 0.3) is 0 Å². The third kappa shape index (κ3) is 26.0. The molecule has 0 heterocycles. The molecule has 5 aliphatic carbocycles. The van der Waals surface area contributed by atoms with E-state index in [2.05, 4.69) is 90.0 Å². The summed E-state index contributed by atoms with van der Waals surface area (Å²) in [4.78, 5) is 0. The van der Waals surface area contributed by atoms with Crippen LogP contribution in [0.2, 0.25) is 0 Å². The number of halogens is 5. The van der Waals surface area contributed by atoms with Crippen molar-refractivity contribution in [2.24, 2.45) is 50.7 Å². The molecule has 0 N–H and O–H groups in total. The molecule has 5 aliphatic rings. The maximum atomic E-state index is 12.4. The van der Waals surface area contributed by atoms with Gasteiger partial charge in [-0.15, -0.1) is 0 Å². The topological polar surface area (TPSA) is 0 Å². The Bertz CT molecular complexity index is 914. The summed E-state index contributed by atoms with van der Waals surface area (Å²) in [6.07, 6.45) is 30.4. The molecule has 5 saturated carbocycles. The molecule has 0 amide bonds. The maximum absolute atomic E-state index is 12.4. The van der Waals surface area contributed by atoms with Gasteiger partial charge in [0.2, 0.25) is 5.92 Å². The largest absolute Gasteiger partial charge is 0.379 e. The van der Waals surface area contributed by atoms with Crippen LogP contribution in [0.5, 0.6) is 0 Å². The summed E-state index contributed by atoms with van der Waals surface area (Å²) >= 11 is 0. The second-order valence-electron chi connectivity index (χ2n) is 21.5. The first kappa shape index (κ1) is 60.0. The molecular formula is C51H103F5. The van der Waals surface area contributed by atoms with Crippen LogP contribution in [0, 0.1) is 50.7 Å². The van der Waals surface area contributed by atoms with Gasteiger partial charge in [0, 0.05) is 12.8 Å². The lowest BCUT2D eigenvalue weighted by molar-refractivity contribution is -0.0438. The predicted octanol–water partition coefficient (Wildman–Crippen LogP) is 20.1. The van der Waals surface area contributed by atoms with Gasteiger partial charge in [0.1, 0.15) is 0 Å². The van der Waals surface area contributed by atoms with Crippen molar-refractivity contribution in [2.45, 2.75) is 278 Å².